The molecule has 0 unspecified atom stereocenters. The number of urea groups is 1. The van der Waals surface area contributed by atoms with Crippen molar-refractivity contribution >= 4 is 36.8 Å². The molecule has 0 aliphatic heterocycles. The first-order chi connectivity index (χ1) is 17.6. The van der Waals surface area contributed by atoms with Crippen LogP contribution in [-0.4, -0.2) is 37.1 Å². The maximum absolute atomic E-state index is 13.1. The van der Waals surface area contributed by atoms with Crippen molar-refractivity contribution in [3.05, 3.63) is 108 Å². The number of amides is 3. The molecule has 206 valence electrons. The molecule has 0 aromatic heterocycles. The highest BCUT2D eigenvalue weighted by Gasteiger charge is 2.22. The van der Waals surface area contributed by atoms with Crippen LogP contribution in [0.15, 0.2) is 91.0 Å². The van der Waals surface area contributed by atoms with Crippen molar-refractivity contribution in [3.8, 4) is 0 Å². The van der Waals surface area contributed by atoms with E-state index in [1.165, 1.54) is 0 Å². The third-order valence-corrected chi connectivity index (χ3v) is 5.89. The van der Waals surface area contributed by atoms with Gasteiger partial charge in [0.25, 0.3) is 0 Å². The monoisotopic (exact) mass is 559 g/mol. The molecule has 7 nitrogen and oxygen atoms in total. The van der Waals surface area contributed by atoms with Crippen LogP contribution in [0.1, 0.15) is 29.5 Å². The number of carbonyl (C=O) groups is 2. The first kappa shape index (κ1) is 32.9. The Labute approximate surface area is 238 Å². The summed E-state index contributed by atoms with van der Waals surface area (Å²) in [6.45, 7) is 1.79. The van der Waals surface area contributed by atoms with Crippen LogP contribution < -0.4 is 27.0 Å². The van der Waals surface area contributed by atoms with Crippen molar-refractivity contribution in [2.75, 3.05) is 13.1 Å². The predicted molar refractivity (Wildman–Crippen MR) is 159 cm³/mol. The minimum Gasteiger partial charge on any atom is -0.351 e. The summed E-state index contributed by atoms with van der Waals surface area (Å²) >= 11 is 0. The molecule has 2 atom stereocenters. The molecule has 0 spiro atoms. The Kier molecular flexibility index (Phi) is 16.5. The van der Waals surface area contributed by atoms with Gasteiger partial charge in [-0.05, 0) is 42.5 Å². The Balaban J connectivity index is 0.00000361. The summed E-state index contributed by atoms with van der Waals surface area (Å²) in [5.41, 5.74) is 8.95. The van der Waals surface area contributed by atoms with Crippen molar-refractivity contribution < 1.29 is 9.59 Å². The van der Waals surface area contributed by atoms with E-state index in [-0.39, 0.29) is 42.8 Å². The van der Waals surface area contributed by atoms with Crippen LogP contribution in [0.2, 0.25) is 0 Å². The third kappa shape index (κ3) is 12.4. The van der Waals surface area contributed by atoms with Crippen molar-refractivity contribution in [3.63, 3.8) is 0 Å². The number of hydrogen-bond acceptors (Lipinski definition) is 4. The molecule has 0 saturated carbocycles. The highest BCUT2D eigenvalue weighted by molar-refractivity contribution is 5.85. The summed E-state index contributed by atoms with van der Waals surface area (Å²) in [7, 11) is 0. The molecule has 3 aromatic rings. The van der Waals surface area contributed by atoms with E-state index in [1.807, 2.05) is 78.9 Å². The third-order valence-electron chi connectivity index (χ3n) is 5.89. The summed E-state index contributed by atoms with van der Waals surface area (Å²) in [4.78, 5) is 25.6. The Bertz CT molecular complexity index is 1040. The lowest BCUT2D eigenvalue weighted by Crippen LogP contribution is -2.53. The van der Waals surface area contributed by atoms with E-state index in [9.17, 15) is 9.59 Å². The van der Waals surface area contributed by atoms with Gasteiger partial charge in [0.2, 0.25) is 5.91 Å². The van der Waals surface area contributed by atoms with E-state index >= 15 is 0 Å². The van der Waals surface area contributed by atoms with Gasteiger partial charge in [-0.2, -0.15) is 0 Å². The van der Waals surface area contributed by atoms with Crippen LogP contribution in [0.4, 0.5) is 4.79 Å². The van der Waals surface area contributed by atoms with Gasteiger partial charge in [0, 0.05) is 25.7 Å². The molecule has 0 radical (unpaired) electrons. The van der Waals surface area contributed by atoms with Gasteiger partial charge in [-0.15, -0.1) is 24.8 Å². The van der Waals surface area contributed by atoms with Crippen LogP contribution in [0.25, 0.3) is 0 Å². The molecule has 0 bridgehead atoms. The second kappa shape index (κ2) is 19.0. The van der Waals surface area contributed by atoms with Gasteiger partial charge in [0.15, 0.2) is 0 Å². The maximum Gasteiger partial charge on any atom is 0.315 e. The molecule has 3 amide bonds. The highest BCUT2D eigenvalue weighted by atomic mass is 35.5. The molecule has 0 fully saturated rings. The van der Waals surface area contributed by atoms with Gasteiger partial charge in [0.05, 0.1) is 6.04 Å². The molecule has 0 saturated heterocycles. The van der Waals surface area contributed by atoms with Gasteiger partial charge in [-0.1, -0.05) is 91.0 Å². The van der Waals surface area contributed by atoms with E-state index in [0.717, 1.165) is 23.1 Å². The largest absolute Gasteiger partial charge is 0.351 e. The van der Waals surface area contributed by atoms with Gasteiger partial charge in [-0.25, -0.2) is 4.79 Å². The molecule has 0 heterocycles. The number of carbonyl (C=O) groups excluding carboxylic acids is 2. The lowest BCUT2D eigenvalue weighted by atomic mass is 10.0. The highest BCUT2D eigenvalue weighted by Crippen LogP contribution is 2.07. The minimum atomic E-state index is -0.417. The Morgan fingerprint density at radius 3 is 1.71 bits per heavy atom. The quantitative estimate of drug-likeness (QED) is 0.206. The average molecular weight is 561 g/mol. The summed E-state index contributed by atoms with van der Waals surface area (Å²) in [6.07, 6.45) is 2.01. The molecule has 9 heteroatoms. The number of nitrogens with one attached hydrogen (secondary N) is 4. The zero-order valence-electron chi connectivity index (χ0n) is 21.5. The zero-order valence-corrected chi connectivity index (χ0v) is 23.1. The van der Waals surface area contributed by atoms with Crippen molar-refractivity contribution in [1.29, 1.82) is 0 Å². The zero-order chi connectivity index (χ0) is 25.4. The lowest BCUT2D eigenvalue weighted by Gasteiger charge is -2.26. The number of benzene rings is 3. The number of rotatable bonds is 14. The maximum atomic E-state index is 13.1. The first-order valence-electron chi connectivity index (χ1n) is 12.5. The smallest absolute Gasteiger partial charge is 0.315 e. The molecular formula is C29H39Cl2N5O2. The summed E-state index contributed by atoms with van der Waals surface area (Å²) in [5.74, 6) is -0.0705. The fourth-order valence-electron chi connectivity index (χ4n) is 3.95. The minimum absolute atomic E-state index is 0. The second-order valence-electron chi connectivity index (χ2n) is 8.79. The van der Waals surface area contributed by atoms with Crippen molar-refractivity contribution in [2.45, 2.75) is 44.4 Å². The van der Waals surface area contributed by atoms with Gasteiger partial charge >= 0.3 is 6.03 Å². The Hall–Kier alpha value is -3.10. The van der Waals surface area contributed by atoms with Crippen LogP contribution in [0.5, 0.6) is 0 Å². The lowest BCUT2D eigenvalue weighted by molar-refractivity contribution is -0.123. The van der Waals surface area contributed by atoms with Gasteiger partial charge in [0.1, 0.15) is 0 Å². The fraction of sp³-hybridized carbons (Fsp3) is 0.310. The van der Waals surface area contributed by atoms with E-state index < -0.39 is 6.04 Å². The average Bonchev–Trinajstić information content (AvgIpc) is 2.93. The van der Waals surface area contributed by atoms with Crippen molar-refractivity contribution in [1.82, 2.24) is 21.3 Å². The van der Waals surface area contributed by atoms with Crippen LogP contribution in [0, 0.1) is 0 Å². The molecule has 6 N–H and O–H groups in total. The van der Waals surface area contributed by atoms with E-state index in [2.05, 4.69) is 33.4 Å². The standard InChI is InChI=1S/C29H37N5O2.2ClH/c30-18-10-17-27(28(35)31-20-24-13-6-2-7-14-24)34-26(19-23-11-4-1-5-12-23)22-33-29(36)32-21-25-15-8-3-9-16-25;;/h1-9,11-16,26-27,34H,10,17-22,30H2,(H,31,35)(H2,32,33,36);2*1H/t26-,27-;;/m0../s1. The van der Waals surface area contributed by atoms with Crippen LogP contribution in [0.3, 0.4) is 0 Å². The fourth-order valence-corrected chi connectivity index (χ4v) is 3.95. The Morgan fingerprint density at radius 1 is 0.684 bits per heavy atom. The van der Waals surface area contributed by atoms with E-state index in [4.69, 9.17) is 5.73 Å². The molecule has 0 aliphatic rings. The number of hydrogen-bond donors (Lipinski definition) is 5. The predicted octanol–water partition coefficient (Wildman–Crippen LogP) is 3.95. The Morgan fingerprint density at radius 2 is 1.18 bits per heavy atom. The van der Waals surface area contributed by atoms with Crippen LogP contribution >= 0.6 is 24.8 Å². The summed E-state index contributed by atoms with van der Waals surface area (Å²) in [6, 6.07) is 28.9. The number of nitrogens with two attached hydrogens (primary N) is 1. The molecular weight excluding hydrogens is 521 g/mol. The normalized spacial score (nSPS) is 11.7. The summed E-state index contributed by atoms with van der Waals surface area (Å²) in [5, 5.41) is 12.4. The molecule has 3 aromatic carbocycles. The molecule has 0 aliphatic carbocycles. The van der Waals surface area contributed by atoms with E-state index in [1.54, 1.807) is 0 Å². The molecule has 3 rings (SSSR count). The first-order valence-corrected chi connectivity index (χ1v) is 12.5. The second-order valence-corrected chi connectivity index (χ2v) is 8.79. The van der Waals surface area contributed by atoms with Gasteiger partial charge in [-0.3, -0.25) is 4.79 Å². The number of halogens is 2. The van der Waals surface area contributed by atoms with Crippen molar-refractivity contribution in [2.24, 2.45) is 5.73 Å². The van der Waals surface area contributed by atoms with E-state index in [0.29, 0.717) is 39.0 Å². The van der Waals surface area contributed by atoms with Crippen LogP contribution in [-0.2, 0) is 24.3 Å². The summed E-state index contributed by atoms with van der Waals surface area (Å²) < 4.78 is 0. The SMILES string of the molecule is Cl.Cl.NCCC[C@H](N[C@H](CNC(=O)NCc1ccccc1)Cc1ccccc1)C(=O)NCc1ccccc1. The topological polar surface area (TPSA) is 108 Å². The van der Waals surface area contributed by atoms with Gasteiger partial charge < -0.3 is 27.0 Å². The molecule has 38 heavy (non-hydrogen) atoms.